The van der Waals surface area contributed by atoms with Crippen molar-refractivity contribution < 1.29 is 14.3 Å². The molecule has 3 aromatic rings. The number of hydrogen-bond donors (Lipinski definition) is 1. The van der Waals surface area contributed by atoms with Crippen LogP contribution in [0.5, 0.6) is 5.75 Å². The molecule has 1 aromatic heterocycles. The van der Waals surface area contributed by atoms with Gasteiger partial charge in [0.15, 0.2) is 0 Å². The lowest BCUT2D eigenvalue weighted by atomic mass is 10.1. The van der Waals surface area contributed by atoms with Crippen LogP contribution in [0.25, 0.3) is 10.9 Å². The third kappa shape index (κ3) is 4.54. The van der Waals surface area contributed by atoms with Gasteiger partial charge in [0.05, 0.1) is 13.0 Å². The average molecular weight is 389 g/mol. The van der Waals surface area contributed by atoms with Gasteiger partial charge in [0.2, 0.25) is 11.8 Å². The molecule has 0 saturated carbocycles. The smallest absolute Gasteiger partial charge is 0.227 e. The van der Waals surface area contributed by atoms with E-state index in [0.29, 0.717) is 19.5 Å². The van der Waals surface area contributed by atoms with Gasteiger partial charge >= 0.3 is 0 Å². The lowest BCUT2D eigenvalue weighted by molar-refractivity contribution is -0.129. The number of nitrogens with zero attached hydrogens (tertiary/aromatic N) is 2. The number of para-hydroxylation sites is 1. The Hall–Kier alpha value is -3.41. The number of nitrogens with one attached hydrogen (secondary N) is 1. The first-order chi connectivity index (χ1) is 14.1. The molecule has 6 nitrogen and oxygen atoms in total. The Balaban J connectivity index is 1.35. The lowest BCUT2D eigenvalue weighted by Gasteiger charge is -2.18. The van der Waals surface area contributed by atoms with Crippen LogP contribution in [-0.2, 0) is 16.0 Å². The molecular formula is C23H23N3O3. The van der Waals surface area contributed by atoms with Crippen molar-refractivity contribution in [2.45, 2.75) is 25.9 Å². The first kappa shape index (κ1) is 18.9. The van der Waals surface area contributed by atoms with Crippen LogP contribution in [0.1, 0.15) is 18.9 Å². The number of fused-ring (bicyclic) bond motifs is 1. The number of aromatic nitrogens is 1. The largest absolute Gasteiger partial charge is 0.486 e. The maximum absolute atomic E-state index is 12.7. The molecule has 1 N–H and O–H groups in total. The summed E-state index contributed by atoms with van der Waals surface area (Å²) in [4.78, 5) is 30.1. The third-order valence-corrected chi connectivity index (χ3v) is 5.02. The van der Waals surface area contributed by atoms with E-state index in [4.69, 9.17) is 4.74 Å². The van der Waals surface area contributed by atoms with Crippen molar-refractivity contribution in [1.82, 2.24) is 9.88 Å². The van der Waals surface area contributed by atoms with Crippen molar-refractivity contribution in [3.05, 3.63) is 66.4 Å². The van der Waals surface area contributed by atoms with Crippen LogP contribution in [0.15, 0.2) is 60.8 Å². The Bertz CT molecular complexity index is 1030. The van der Waals surface area contributed by atoms with E-state index < -0.39 is 0 Å². The van der Waals surface area contributed by atoms with Gasteiger partial charge in [-0.3, -0.25) is 14.6 Å². The molecule has 2 amide bonds. The maximum atomic E-state index is 12.7. The summed E-state index contributed by atoms with van der Waals surface area (Å²) < 4.78 is 6.18. The van der Waals surface area contributed by atoms with Crippen molar-refractivity contribution in [2.24, 2.45) is 0 Å². The summed E-state index contributed by atoms with van der Waals surface area (Å²) in [5.74, 6) is 0.730. The highest BCUT2D eigenvalue weighted by atomic mass is 16.5. The first-order valence-electron chi connectivity index (χ1n) is 9.73. The summed E-state index contributed by atoms with van der Waals surface area (Å²) in [6.45, 7) is 2.73. The predicted molar refractivity (Wildman–Crippen MR) is 112 cm³/mol. The van der Waals surface area contributed by atoms with Crippen molar-refractivity contribution in [3.63, 3.8) is 0 Å². The second-order valence-electron chi connectivity index (χ2n) is 7.25. The van der Waals surface area contributed by atoms with Gasteiger partial charge in [-0.1, -0.05) is 30.3 Å². The minimum absolute atomic E-state index is 0.0336. The SMILES string of the molecule is CC(=O)Nc1ccc(CC(=O)N2CC[C@H](Oc3cccc4cccnc34)C2)cc1. The highest BCUT2D eigenvalue weighted by molar-refractivity contribution is 5.88. The van der Waals surface area contributed by atoms with Gasteiger partial charge in [-0.2, -0.15) is 0 Å². The Labute approximate surface area is 169 Å². The number of benzene rings is 2. The number of amides is 2. The Morgan fingerprint density at radius 3 is 2.72 bits per heavy atom. The van der Waals surface area contributed by atoms with Crippen molar-refractivity contribution in [3.8, 4) is 5.75 Å². The number of anilines is 1. The number of carbonyl (C=O) groups excluding carboxylic acids is 2. The lowest BCUT2D eigenvalue weighted by Crippen LogP contribution is -2.32. The van der Waals surface area contributed by atoms with Crippen LogP contribution in [0.2, 0.25) is 0 Å². The van der Waals surface area contributed by atoms with Crippen molar-refractivity contribution in [1.29, 1.82) is 0 Å². The van der Waals surface area contributed by atoms with E-state index in [1.807, 2.05) is 59.5 Å². The van der Waals surface area contributed by atoms with Crippen LogP contribution in [0, 0.1) is 0 Å². The Kier molecular flexibility index (Phi) is 5.42. The van der Waals surface area contributed by atoms with Crippen LogP contribution >= 0.6 is 0 Å². The van der Waals surface area contributed by atoms with Gasteiger partial charge in [0.25, 0.3) is 0 Å². The van der Waals surface area contributed by atoms with E-state index in [-0.39, 0.29) is 17.9 Å². The Morgan fingerprint density at radius 1 is 1.14 bits per heavy atom. The van der Waals surface area contributed by atoms with Crippen molar-refractivity contribution >= 4 is 28.4 Å². The summed E-state index contributed by atoms with van der Waals surface area (Å²) in [7, 11) is 0. The number of ether oxygens (including phenoxy) is 1. The molecule has 1 aliphatic heterocycles. The highest BCUT2D eigenvalue weighted by Crippen LogP contribution is 2.26. The molecule has 148 valence electrons. The topological polar surface area (TPSA) is 71.5 Å². The average Bonchev–Trinajstić information content (AvgIpc) is 3.18. The molecule has 2 heterocycles. The second kappa shape index (κ2) is 8.31. The quantitative estimate of drug-likeness (QED) is 0.726. The number of hydrogen-bond acceptors (Lipinski definition) is 4. The van der Waals surface area contributed by atoms with E-state index in [9.17, 15) is 9.59 Å². The van der Waals surface area contributed by atoms with Gasteiger partial charge in [-0.05, 0) is 29.8 Å². The normalized spacial score (nSPS) is 16.0. The van der Waals surface area contributed by atoms with Gasteiger partial charge < -0.3 is 15.0 Å². The molecule has 1 fully saturated rings. The number of carbonyl (C=O) groups is 2. The molecule has 1 saturated heterocycles. The van der Waals surface area contributed by atoms with E-state index in [1.165, 1.54) is 6.92 Å². The fraction of sp³-hybridized carbons (Fsp3) is 0.261. The van der Waals surface area contributed by atoms with Gasteiger partial charge in [-0.25, -0.2) is 0 Å². The number of likely N-dealkylation sites (tertiary alicyclic amines) is 1. The monoisotopic (exact) mass is 389 g/mol. The zero-order valence-electron chi connectivity index (χ0n) is 16.3. The second-order valence-corrected chi connectivity index (χ2v) is 7.25. The molecule has 29 heavy (non-hydrogen) atoms. The standard InChI is InChI=1S/C23H23N3O3/c1-16(27)25-19-9-7-17(8-10-19)14-22(28)26-13-11-20(15-26)29-21-6-2-4-18-5-3-12-24-23(18)21/h2-10,12,20H,11,13-15H2,1H3,(H,25,27)/t20-/m0/s1. The van der Waals surface area contributed by atoms with Crippen LogP contribution in [-0.4, -0.2) is 40.9 Å². The molecule has 0 unspecified atom stereocenters. The molecule has 2 aromatic carbocycles. The number of rotatable bonds is 5. The van der Waals surface area contributed by atoms with Crippen LogP contribution in [0.4, 0.5) is 5.69 Å². The summed E-state index contributed by atoms with van der Waals surface area (Å²) in [6, 6.07) is 17.2. The summed E-state index contributed by atoms with van der Waals surface area (Å²) in [6.07, 6.45) is 2.87. The molecule has 0 spiro atoms. The molecule has 0 aliphatic carbocycles. The molecule has 0 bridgehead atoms. The predicted octanol–water partition coefficient (Wildman–Crippen LogP) is 3.42. The fourth-order valence-corrected chi connectivity index (χ4v) is 3.60. The van der Waals surface area contributed by atoms with Gasteiger partial charge in [0, 0.05) is 37.2 Å². The zero-order valence-corrected chi connectivity index (χ0v) is 16.3. The fourth-order valence-electron chi connectivity index (χ4n) is 3.60. The highest BCUT2D eigenvalue weighted by Gasteiger charge is 2.28. The Morgan fingerprint density at radius 2 is 1.93 bits per heavy atom. The zero-order chi connectivity index (χ0) is 20.2. The first-order valence-corrected chi connectivity index (χ1v) is 9.73. The maximum Gasteiger partial charge on any atom is 0.227 e. The molecule has 6 heteroatoms. The van der Waals surface area contributed by atoms with E-state index in [2.05, 4.69) is 10.3 Å². The van der Waals surface area contributed by atoms with Gasteiger partial charge in [-0.15, -0.1) is 0 Å². The van der Waals surface area contributed by atoms with E-state index in [1.54, 1.807) is 6.20 Å². The molecular weight excluding hydrogens is 366 g/mol. The molecule has 0 radical (unpaired) electrons. The summed E-state index contributed by atoms with van der Waals surface area (Å²) in [5, 5.41) is 3.77. The van der Waals surface area contributed by atoms with Gasteiger partial charge in [0.1, 0.15) is 17.4 Å². The summed E-state index contributed by atoms with van der Waals surface area (Å²) in [5.41, 5.74) is 2.50. The van der Waals surface area contributed by atoms with E-state index in [0.717, 1.165) is 34.3 Å². The molecule has 1 atom stereocenters. The molecule has 1 aliphatic rings. The minimum atomic E-state index is -0.113. The molecule has 4 rings (SSSR count). The van der Waals surface area contributed by atoms with Crippen LogP contribution in [0.3, 0.4) is 0 Å². The minimum Gasteiger partial charge on any atom is -0.486 e. The third-order valence-electron chi connectivity index (χ3n) is 5.02. The summed E-state index contributed by atoms with van der Waals surface area (Å²) >= 11 is 0. The van der Waals surface area contributed by atoms with Crippen molar-refractivity contribution in [2.75, 3.05) is 18.4 Å². The van der Waals surface area contributed by atoms with Crippen LogP contribution < -0.4 is 10.1 Å². The van der Waals surface area contributed by atoms with E-state index >= 15 is 0 Å². The number of pyridine rings is 1.